The van der Waals surface area contributed by atoms with E-state index in [0.717, 1.165) is 35.4 Å². The van der Waals surface area contributed by atoms with Gasteiger partial charge in [0.1, 0.15) is 6.04 Å². The smallest absolute Gasteiger partial charge is 0.242 e. The van der Waals surface area contributed by atoms with Crippen LogP contribution in [0.2, 0.25) is 0 Å². The van der Waals surface area contributed by atoms with Gasteiger partial charge in [-0.1, -0.05) is 6.07 Å². The van der Waals surface area contributed by atoms with Gasteiger partial charge < -0.3 is 10.6 Å². The van der Waals surface area contributed by atoms with Crippen LogP contribution in [0.4, 0.5) is 0 Å². The molecule has 1 amide bonds. The molecule has 27 heavy (non-hydrogen) atoms. The van der Waals surface area contributed by atoms with E-state index in [1.807, 2.05) is 42.8 Å². The highest BCUT2D eigenvalue weighted by Crippen LogP contribution is 2.24. The fraction of sp³-hybridized carbons (Fsp3) is 0.286. The van der Waals surface area contributed by atoms with E-state index in [1.165, 1.54) is 5.56 Å². The molecule has 0 spiro atoms. The summed E-state index contributed by atoms with van der Waals surface area (Å²) in [6, 6.07) is 9.66. The van der Waals surface area contributed by atoms with Crippen LogP contribution in [0.3, 0.4) is 0 Å². The highest BCUT2D eigenvalue weighted by molar-refractivity contribution is 7.10. The van der Waals surface area contributed by atoms with Crippen LogP contribution < -0.4 is 10.6 Å². The van der Waals surface area contributed by atoms with E-state index in [4.69, 9.17) is 0 Å². The van der Waals surface area contributed by atoms with Gasteiger partial charge in [-0.2, -0.15) is 0 Å². The first-order valence-corrected chi connectivity index (χ1v) is 9.95. The normalized spacial score (nSPS) is 11.9. The maximum absolute atomic E-state index is 12.8. The molecule has 0 aliphatic carbocycles. The number of rotatable bonds is 9. The summed E-state index contributed by atoms with van der Waals surface area (Å²) in [4.78, 5) is 22.1. The van der Waals surface area contributed by atoms with Gasteiger partial charge in [0.05, 0.1) is 0 Å². The molecule has 0 aromatic carbocycles. The highest BCUT2D eigenvalue weighted by Gasteiger charge is 2.22. The molecule has 0 aliphatic heterocycles. The van der Waals surface area contributed by atoms with E-state index in [0.29, 0.717) is 6.54 Å². The third-order valence-corrected chi connectivity index (χ3v) is 5.46. The highest BCUT2D eigenvalue weighted by atomic mass is 32.1. The number of hydrogen-bond donors (Lipinski definition) is 2. The Kier molecular flexibility index (Phi) is 7.07. The molecule has 0 saturated heterocycles. The van der Waals surface area contributed by atoms with Crippen molar-refractivity contribution in [3.05, 3.63) is 82.1 Å². The molecule has 140 valence electrons. The minimum Gasteiger partial charge on any atom is -0.354 e. The number of carbonyl (C=O) groups excluding carboxylic acids is 1. The molecule has 3 heterocycles. The number of carbonyl (C=O) groups is 1. The predicted molar refractivity (Wildman–Crippen MR) is 109 cm³/mol. The van der Waals surface area contributed by atoms with E-state index in [2.05, 4.69) is 26.7 Å². The molecule has 2 N–H and O–H groups in total. The van der Waals surface area contributed by atoms with Crippen LogP contribution in [-0.2, 0) is 17.6 Å². The summed E-state index contributed by atoms with van der Waals surface area (Å²) in [6.07, 6.45) is 8.80. The van der Waals surface area contributed by atoms with E-state index in [9.17, 15) is 4.79 Å². The van der Waals surface area contributed by atoms with Crippen molar-refractivity contribution in [2.24, 2.45) is 0 Å². The monoisotopic (exact) mass is 380 g/mol. The first-order chi connectivity index (χ1) is 13.2. The molecule has 3 aromatic heterocycles. The Balaban J connectivity index is 1.57. The van der Waals surface area contributed by atoms with Gasteiger partial charge in [-0.05, 0) is 66.1 Å². The molecular weight excluding hydrogens is 356 g/mol. The van der Waals surface area contributed by atoms with Crippen molar-refractivity contribution in [3.8, 4) is 0 Å². The molecule has 0 aliphatic rings. The number of pyridine rings is 2. The molecule has 1 unspecified atom stereocenters. The van der Waals surface area contributed by atoms with Crippen molar-refractivity contribution < 1.29 is 4.79 Å². The Hall–Kier alpha value is -2.57. The Morgan fingerprint density at radius 2 is 1.85 bits per heavy atom. The molecule has 0 saturated carbocycles. The number of amides is 1. The molecule has 0 fully saturated rings. The second kappa shape index (κ2) is 9.94. The molecule has 3 rings (SSSR count). The van der Waals surface area contributed by atoms with E-state index in [1.54, 1.807) is 29.9 Å². The van der Waals surface area contributed by atoms with E-state index >= 15 is 0 Å². The second-order valence-corrected chi connectivity index (χ2v) is 7.31. The maximum Gasteiger partial charge on any atom is 0.242 e. The number of hydrogen-bond acceptors (Lipinski definition) is 5. The molecule has 6 heteroatoms. The Labute approximate surface area is 163 Å². The Morgan fingerprint density at radius 3 is 2.56 bits per heavy atom. The van der Waals surface area contributed by atoms with Crippen molar-refractivity contribution in [2.45, 2.75) is 25.8 Å². The Morgan fingerprint density at radius 1 is 1.04 bits per heavy atom. The first kappa shape index (κ1) is 19.2. The van der Waals surface area contributed by atoms with Crippen LogP contribution in [-0.4, -0.2) is 29.0 Å². The third kappa shape index (κ3) is 5.70. The summed E-state index contributed by atoms with van der Waals surface area (Å²) in [5, 5.41) is 8.52. The van der Waals surface area contributed by atoms with Gasteiger partial charge >= 0.3 is 0 Å². The van der Waals surface area contributed by atoms with E-state index in [-0.39, 0.29) is 11.9 Å². The number of nitrogens with zero attached hydrogens (tertiary/aromatic N) is 2. The summed E-state index contributed by atoms with van der Waals surface area (Å²) < 4.78 is 0. The molecular formula is C21H24N4OS. The molecule has 3 aromatic rings. The van der Waals surface area contributed by atoms with Gasteiger partial charge in [-0.15, -0.1) is 11.3 Å². The van der Waals surface area contributed by atoms with Crippen molar-refractivity contribution in [3.63, 3.8) is 0 Å². The Bertz CT molecular complexity index is 836. The quantitative estimate of drug-likeness (QED) is 0.599. The average Bonchev–Trinajstić information content (AvgIpc) is 3.12. The molecule has 0 bridgehead atoms. The second-order valence-electron chi connectivity index (χ2n) is 6.36. The fourth-order valence-corrected chi connectivity index (χ4v) is 3.87. The van der Waals surface area contributed by atoms with Crippen molar-refractivity contribution in [1.29, 1.82) is 0 Å². The number of thiophene rings is 1. The van der Waals surface area contributed by atoms with Crippen LogP contribution >= 0.6 is 11.3 Å². The average molecular weight is 381 g/mol. The lowest BCUT2D eigenvalue weighted by Crippen LogP contribution is -2.39. The summed E-state index contributed by atoms with van der Waals surface area (Å²) >= 11 is 1.62. The first-order valence-electron chi connectivity index (χ1n) is 9.07. The largest absolute Gasteiger partial charge is 0.354 e. The summed E-state index contributed by atoms with van der Waals surface area (Å²) in [5.41, 5.74) is 3.47. The van der Waals surface area contributed by atoms with Crippen LogP contribution in [0.5, 0.6) is 0 Å². The SMILES string of the molecule is Cc1ccsc1C(NCCc1ccncc1)C(=O)NCCc1cccnc1. The summed E-state index contributed by atoms with van der Waals surface area (Å²) in [6.45, 7) is 3.37. The fourth-order valence-electron chi connectivity index (χ4n) is 2.87. The van der Waals surface area contributed by atoms with Gasteiger partial charge in [0, 0.05) is 42.8 Å². The minimum absolute atomic E-state index is 0.0131. The van der Waals surface area contributed by atoms with Crippen LogP contribution in [0.15, 0.2) is 60.5 Å². The lowest BCUT2D eigenvalue weighted by Gasteiger charge is -2.18. The lowest BCUT2D eigenvalue weighted by molar-refractivity contribution is -0.123. The topological polar surface area (TPSA) is 66.9 Å². The zero-order valence-electron chi connectivity index (χ0n) is 15.4. The van der Waals surface area contributed by atoms with Gasteiger partial charge in [0.2, 0.25) is 5.91 Å². The lowest BCUT2D eigenvalue weighted by atomic mass is 10.1. The number of aromatic nitrogens is 2. The summed E-state index contributed by atoms with van der Waals surface area (Å²) in [5.74, 6) is 0.0131. The van der Waals surface area contributed by atoms with Gasteiger partial charge in [0.25, 0.3) is 0 Å². The summed E-state index contributed by atoms with van der Waals surface area (Å²) in [7, 11) is 0. The van der Waals surface area contributed by atoms with Crippen molar-refractivity contribution >= 4 is 17.2 Å². The molecule has 5 nitrogen and oxygen atoms in total. The number of nitrogens with one attached hydrogen (secondary N) is 2. The van der Waals surface area contributed by atoms with Gasteiger partial charge in [0.15, 0.2) is 0 Å². The number of aryl methyl sites for hydroxylation is 1. The maximum atomic E-state index is 12.8. The standard InChI is InChI=1S/C21H24N4OS/c1-16-8-14-27-20(16)19(24-12-6-17-4-10-22-11-5-17)21(26)25-13-7-18-3-2-9-23-15-18/h2-5,8-11,14-15,19,24H,6-7,12-13H2,1H3,(H,25,26). The van der Waals surface area contributed by atoms with Gasteiger partial charge in [-0.3, -0.25) is 14.8 Å². The predicted octanol–water partition coefficient (Wildman–Crippen LogP) is 3.08. The zero-order valence-corrected chi connectivity index (χ0v) is 16.2. The van der Waals surface area contributed by atoms with Crippen LogP contribution in [0.1, 0.15) is 27.6 Å². The zero-order chi connectivity index (χ0) is 18.9. The molecule has 1 atom stereocenters. The van der Waals surface area contributed by atoms with Crippen molar-refractivity contribution in [2.75, 3.05) is 13.1 Å². The van der Waals surface area contributed by atoms with Crippen LogP contribution in [0.25, 0.3) is 0 Å². The van der Waals surface area contributed by atoms with Crippen molar-refractivity contribution in [1.82, 2.24) is 20.6 Å². The third-order valence-electron chi connectivity index (χ3n) is 4.37. The molecule has 0 radical (unpaired) electrons. The van der Waals surface area contributed by atoms with Gasteiger partial charge in [-0.25, -0.2) is 0 Å². The minimum atomic E-state index is -0.333. The van der Waals surface area contributed by atoms with Crippen LogP contribution in [0, 0.1) is 6.92 Å². The van der Waals surface area contributed by atoms with E-state index < -0.39 is 0 Å².